The molecule has 168 valence electrons. The van der Waals surface area contributed by atoms with Crippen LogP contribution in [0.15, 0.2) is 60.9 Å². The lowest BCUT2D eigenvalue weighted by Gasteiger charge is -2.40. The smallest absolute Gasteiger partial charge is 0.305 e. The molecule has 2 aromatic carbocycles. The summed E-state index contributed by atoms with van der Waals surface area (Å²) in [4.78, 5) is 23.5. The summed E-state index contributed by atoms with van der Waals surface area (Å²) in [6.45, 7) is 7.98. The molecule has 0 N–H and O–H groups in total. The first kappa shape index (κ1) is 22.0. The van der Waals surface area contributed by atoms with Gasteiger partial charge >= 0.3 is 11.9 Å². The summed E-state index contributed by atoms with van der Waals surface area (Å²) in [5.41, 5.74) is 4.23. The number of ether oxygens (including phenoxy) is 5. The first-order chi connectivity index (χ1) is 15.3. The van der Waals surface area contributed by atoms with Crippen LogP contribution in [0.4, 0.5) is 0 Å². The van der Waals surface area contributed by atoms with Gasteiger partial charge in [0.1, 0.15) is 12.2 Å². The standard InChI is InChI=1S/C25H26O7/c1-14(2)28-24-21(29-15(3)26)13-22(32-25(24)30-16(4)27)31-23-19-11-7-5-9-17(19)18-10-6-8-12-20(18)23/h5-12,21-25H,1,13H2,2-4H3. The highest BCUT2D eigenvalue weighted by atomic mass is 16.8. The van der Waals surface area contributed by atoms with Crippen LogP contribution in [-0.4, -0.2) is 36.7 Å². The molecule has 0 radical (unpaired) electrons. The van der Waals surface area contributed by atoms with Gasteiger partial charge in [0.05, 0.1) is 5.76 Å². The zero-order chi connectivity index (χ0) is 22.8. The van der Waals surface area contributed by atoms with Crippen LogP contribution in [0.2, 0.25) is 0 Å². The minimum absolute atomic E-state index is 0.204. The van der Waals surface area contributed by atoms with E-state index in [0.717, 1.165) is 22.3 Å². The molecule has 32 heavy (non-hydrogen) atoms. The third-order valence-corrected chi connectivity index (χ3v) is 5.35. The van der Waals surface area contributed by atoms with Crippen molar-refractivity contribution in [3.05, 3.63) is 72.0 Å². The number of esters is 2. The Morgan fingerprint density at radius 2 is 1.44 bits per heavy atom. The molecule has 2 aromatic rings. The average molecular weight is 438 g/mol. The van der Waals surface area contributed by atoms with Crippen LogP contribution in [0, 0.1) is 0 Å². The number of hydrogen-bond donors (Lipinski definition) is 0. The second-order valence-electron chi connectivity index (χ2n) is 7.90. The van der Waals surface area contributed by atoms with Gasteiger partial charge in [-0.2, -0.15) is 0 Å². The quantitative estimate of drug-likeness (QED) is 0.492. The van der Waals surface area contributed by atoms with Crippen molar-refractivity contribution in [3.63, 3.8) is 0 Å². The second-order valence-corrected chi connectivity index (χ2v) is 7.90. The highest BCUT2D eigenvalue weighted by Crippen LogP contribution is 2.46. The number of benzene rings is 2. The SMILES string of the molecule is C=C(C)OC1C(OC(C)=O)CC(OC2c3ccccc3-c3ccccc32)OC1OC(C)=O. The van der Waals surface area contributed by atoms with E-state index in [9.17, 15) is 9.59 Å². The van der Waals surface area contributed by atoms with Gasteiger partial charge < -0.3 is 23.7 Å². The molecule has 1 aliphatic carbocycles. The predicted octanol–water partition coefficient (Wildman–Crippen LogP) is 4.26. The van der Waals surface area contributed by atoms with E-state index in [0.29, 0.717) is 5.76 Å². The van der Waals surface area contributed by atoms with Crippen molar-refractivity contribution in [1.29, 1.82) is 0 Å². The zero-order valence-electron chi connectivity index (χ0n) is 18.3. The Balaban J connectivity index is 1.63. The molecule has 1 heterocycles. The first-order valence-corrected chi connectivity index (χ1v) is 10.5. The second kappa shape index (κ2) is 9.14. The molecular weight excluding hydrogens is 412 g/mol. The van der Waals surface area contributed by atoms with Crippen LogP contribution in [0.1, 0.15) is 44.4 Å². The van der Waals surface area contributed by atoms with Gasteiger partial charge in [-0.05, 0) is 29.2 Å². The van der Waals surface area contributed by atoms with E-state index in [-0.39, 0.29) is 12.5 Å². The first-order valence-electron chi connectivity index (χ1n) is 10.5. The van der Waals surface area contributed by atoms with Crippen molar-refractivity contribution in [1.82, 2.24) is 0 Å². The van der Waals surface area contributed by atoms with E-state index in [1.807, 2.05) is 36.4 Å². The number of fused-ring (bicyclic) bond motifs is 3. The molecule has 2 aliphatic rings. The molecule has 4 rings (SSSR count). The molecule has 0 aromatic heterocycles. The highest BCUT2D eigenvalue weighted by molar-refractivity contribution is 5.78. The van der Waals surface area contributed by atoms with Crippen molar-refractivity contribution >= 4 is 11.9 Å². The van der Waals surface area contributed by atoms with Crippen LogP contribution in [0.25, 0.3) is 11.1 Å². The minimum atomic E-state index is -1.13. The van der Waals surface area contributed by atoms with Crippen LogP contribution in [0.3, 0.4) is 0 Å². The average Bonchev–Trinajstić information content (AvgIpc) is 3.04. The molecule has 1 fully saturated rings. The third-order valence-electron chi connectivity index (χ3n) is 5.35. The maximum Gasteiger partial charge on any atom is 0.305 e. The molecule has 4 atom stereocenters. The monoisotopic (exact) mass is 438 g/mol. The summed E-state index contributed by atoms with van der Waals surface area (Å²) in [7, 11) is 0. The molecule has 7 nitrogen and oxygen atoms in total. The van der Waals surface area contributed by atoms with Gasteiger partial charge in [0.25, 0.3) is 0 Å². The van der Waals surface area contributed by atoms with E-state index in [1.165, 1.54) is 13.8 Å². The third kappa shape index (κ3) is 4.54. The van der Waals surface area contributed by atoms with E-state index >= 15 is 0 Å². The van der Waals surface area contributed by atoms with Gasteiger partial charge in [-0.3, -0.25) is 9.59 Å². The topological polar surface area (TPSA) is 80.3 Å². The van der Waals surface area contributed by atoms with Crippen molar-refractivity contribution < 1.29 is 33.3 Å². The minimum Gasteiger partial charge on any atom is -0.485 e. The lowest BCUT2D eigenvalue weighted by molar-refractivity contribution is -0.318. The summed E-state index contributed by atoms with van der Waals surface area (Å²) in [5.74, 6) is -0.654. The summed E-state index contributed by atoms with van der Waals surface area (Å²) in [6, 6.07) is 16.0. The molecule has 7 heteroatoms. The van der Waals surface area contributed by atoms with E-state index in [1.54, 1.807) is 6.92 Å². The van der Waals surface area contributed by atoms with Gasteiger partial charge in [-0.1, -0.05) is 55.1 Å². The van der Waals surface area contributed by atoms with Crippen LogP contribution in [-0.2, 0) is 33.3 Å². The maximum absolute atomic E-state index is 11.8. The summed E-state index contributed by atoms with van der Waals surface area (Å²) in [6.07, 6.45) is -3.71. The van der Waals surface area contributed by atoms with Gasteiger partial charge in [0.15, 0.2) is 12.4 Å². The van der Waals surface area contributed by atoms with Gasteiger partial charge in [-0.25, -0.2) is 0 Å². The van der Waals surface area contributed by atoms with Gasteiger partial charge in [-0.15, -0.1) is 0 Å². The maximum atomic E-state index is 11.8. The molecule has 4 unspecified atom stereocenters. The number of rotatable bonds is 6. The summed E-state index contributed by atoms with van der Waals surface area (Å²) < 4.78 is 29.0. The fraction of sp³-hybridized carbons (Fsp3) is 0.360. The predicted molar refractivity (Wildman–Crippen MR) is 115 cm³/mol. The van der Waals surface area contributed by atoms with Gasteiger partial charge in [0.2, 0.25) is 6.29 Å². The molecule has 1 aliphatic heterocycles. The number of hydrogen-bond acceptors (Lipinski definition) is 7. The molecule has 1 saturated heterocycles. The van der Waals surface area contributed by atoms with Crippen LogP contribution >= 0.6 is 0 Å². The van der Waals surface area contributed by atoms with Crippen LogP contribution < -0.4 is 0 Å². The van der Waals surface area contributed by atoms with Crippen LogP contribution in [0.5, 0.6) is 0 Å². The molecule has 0 bridgehead atoms. The van der Waals surface area contributed by atoms with E-state index in [2.05, 4.69) is 18.7 Å². The fourth-order valence-corrected chi connectivity index (χ4v) is 4.23. The van der Waals surface area contributed by atoms with Gasteiger partial charge in [0, 0.05) is 20.3 Å². The highest BCUT2D eigenvalue weighted by Gasteiger charge is 2.46. The van der Waals surface area contributed by atoms with Crippen molar-refractivity contribution in [2.24, 2.45) is 0 Å². The van der Waals surface area contributed by atoms with E-state index < -0.39 is 36.7 Å². The Bertz CT molecular complexity index is 959. The molecule has 0 amide bonds. The Morgan fingerprint density at radius 1 is 0.875 bits per heavy atom. The fourth-order valence-electron chi connectivity index (χ4n) is 4.23. The number of allylic oxidation sites excluding steroid dienone is 1. The van der Waals surface area contributed by atoms with Crippen molar-refractivity contribution in [3.8, 4) is 11.1 Å². The summed E-state index contributed by atoms with van der Waals surface area (Å²) in [5, 5.41) is 0. The lowest BCUT2D eigenvalue weighted by atomic mass is 10.0. The lowest BCUT2D eigenvalue weighted by Crippen LogP contribution is -2.53. The molecule has 0 spiro atoms. The summed E-state index contributed by atoms with van der Waals surface area (Å²) >= 11 is 0. The van der Waals surface area contributed by atoms with Crippen molar-refractivity contribution in [2.75, 3.05) is 0 Å². The Hall–Kier alpha value is -3.16. The Kier molecular flexibility index (Phi) is 6.30. The van der Waals surface area contributed by atoms with Crippen molar-refractivity contribution in [2.45, 2.75) is 58.1 Å². The van der Waals surface area contributed by atoms with E-state index in [4.69, 9.17) is 23.7 Å². The Morgan fingerprint density at radius 3 is 1.97 bits per heavy atom. The normalized spacial score (nSPS) is 24.2. The molecular formula is C25H26O7. The zero-order valence-corrected chi connectivity index (χ0v) is 18.3. The molecule has 0 saturated carbocycles. The Labute approximate surface area is 186 Å². The number of carbonyl (C=O) groups excluding carboxylic acids is 2. The number of carbonyl (C=O) groups is 2. The largest absolute Gasteiger partial charge is 0.485 e.